The number of amides is 1. The summed E-state index contributed by atoms with van der Waals surface area (Å²) in [5.41, 5.74) is -0.0144. The highest BCUT2D eigenvalue weighted by Crippen LogP contribution is 2.27. The second-order valence-corrected chi connectivity index (χ2v) is 5.25. The summed E-state index contributed by atoms with van der Waals surface area (Å²) < 4.78 is 10.6. The molecular formula is C16H15ClN2O5. The number of anilines is 1. The van der Waals surface area contributed by atoms with Crippen LogP contribution in [-0.4, -0.2) is 24.0 Å². The van der Waals surface area contributed by atoms with Crippen LogP contribution in [0.1, 0.15) is 6.92 Å². The maximum absolute atomic E-state index is 12.2. The summed E-state index contributed by atoms with van der Waals surface area (Å²) in [6.07, 6.45) is -0.825. The monoisotopic (exact) mass is 350 g/mol. The predicted octanol–water partition coefficient (Wildman–Crippen LogP) is 3.66. The van der Waals surface area contributed by atoms with E-state index in [0.717, 1.165) is 0 Å². The molecule has 24 heavy (non-hydrogen) atoms. The van der Waals surface area contributed by atoms with Crippen molar-refractivity contribution in [2.45, 2.75) is 13.0 Å². The van der Waals surface area contributed by atoms with Crippen LogP contribution in [0.5, 0.6) is 11.5 Å². The van der Waals surface area contributed by atoms with Gasteiger partial charge in [0.05, 0.1) is 22.7 Å². The molecule has 0 spiro atoms. The van der Waals surface area contributed by atoms with Crippen molar-refractivity contribution in [2.24, 2.45) is 0 Å². The number of carbonyl (C=O) groups excluding carboxylic acids is 1. The lowest BCUT2D eigenvalue weighted by molar-refractivity contribution is -0.384. The average molecular weight is 351 g/mol. The first-order chi connectivity index (χ1) is 11.4. The van der Waals surface area contributed by atoms with Crippen molar-refractivity contribution in [1.82, 2.24) is 0 Å². The lowest BCUT2D eigenvalue weighted by Crippen LogP contribution is -2.30. The highest BCUT2D eigenvalue weighted by atomic mass is 35.5. The number of rotatable bonds is 6. The summed E-state index contributed by atoms with van der Waals surface area (Å²) in [7, 11) is 1.55. The van der Waals surface area contributed by atoms with Crippen LogP contribution in [0.25, 0.3) is 0 Å². The summed E-state index contributed by atoms with van der Waals surface area (Å²) in [6, 6.07) is 10.6. The van der Waals surface area contributed by atoms with Gasteiger partial charge in [-0.1, -0.05) is 11.6 Å². The van der Waals surface area contributed by atoms with Crippen LogP contribution < -0.4 is 14.8 Å². The number of nitro benzene ring substituents is 1. The maximum atomic E-state index is 12.2. The van der Waals surface area contributed by atoms with Gasteiger partial charge in [-0.15, -0.1) is 0 Å². The molecule has 0 fully saturated rings. The van der Waals surface area contributed by atoms with Crippen LogP contribution >= 0.6 is 11.6 Å². The van der Waals surface area contributed by atoms with E-state index in [9.17, 15) is 14.9 Å². The Morgan fingerprint density at radius 1 is 1.21 bits per heavy atom. The van der Waals surface area contributed by atoms with Crippen molar-refractivity contribution in [1.29, 1.82) is 0 Å². The van der Waals surface area contributed by atoms with E-state index < -0.39 is 16.9 Å². The summed E-state index contributed by atoms with van der Waals surface area (Å²) in [5, 5.41) is 13.5. The smallest absolute Gasteiger partial charge is 0.271 e. The van der Waals surface area contributed by atoms with Gasteiger partial charge in [-0.2, -0.15) is 0 Å². The second-order valence-electron chi connectivity index (χ2n) is 4.85. The minimum Gasteiger partial charge on any atom is -0.497 e. The van der Waals surface area contributed by atoms with Crippen molar-refractivity contribution in [3.8, 4) is 11.5 Å². The topological polar surface area (TPSA) is 90.7 Å². The third-order valence-corrected chi connectivity index (χ3v) is 3.49. The average Bonchev–Trinajstić information content (AvgIpc) is 2.57. The van der Waals surface area contributed by atoms with Gasteiger partial charge in [0, 0.05) is 12.1 Å². The largest absolute Gasteiger partial charge is 0.497 e. The molecule has 1 amide bonds. The molecule has 0 aromatic heterocycles. The van der Waals surface area contributed by atoms with Crippen molar-refractivity contribution >= 4 is 28.9 Å². The SMILES string of the molecule is COc1ccc(O[C@H](C)C(=O)Nc2cc([N+](=O)[O-])ccc2Cl)cc1. The zero-order chi connectivity index (χ0) is 17.7. The molecule has 2 aromatic carbocycles. The van der Waals surface area contributed by atoms with E-state index in [1.165, 1.54) is 18.2 Å². The second kappa shape index (κ2) is 7.65. The van der Waals surface area contributed by atoms with Crippen LogP contribution in [0.3, 0.4) is 0 Å². The van der Waals surface area contributed by atoms with Crippen LogP contribution in [0.2, 0.25) is 5.02 Å². The Kier molecular flexibility index (Phi) is 5.59. The minimum atomic E-state index is -0.825. The Hall–Kier alpha value is -2.80. The molecule has 7 nitrogen and oxygen atoms in total. The van der Waals surface area contributed by atoms with E-state index in [4.69, 9.17) is 21.1 Å². The third kappa shape index (κ3) is 4.36. The molecule has 2 rings (SSSR count). The first kappa shape index (κ1) is 17.6. The van der Waals surface area contributed by atoms with Crippen molar-refractivity contribution in [2.75, 3.05) is 12.4 Å². The van der Waals surface area contributed by atoms with E-state index in [0.29, 0.717) is 11.5 Å². The third-order valence-electron chi connectivity index (χ3n) is 3.16. The minimum absolute atomic E-state index is 0.154. The van der Waals surface area contributed by atoms with Gasteiger partial charge in [-0.3, -0.25) is 14.9 Å². The molecule has 0 aliphatic heterocycles. The Morgan fingerprint density at radius 3 is 2.42 bits per heavy atom. The van der Waals surface area contributed by atoms with E-state index in [1.807, 2.05) is 0 Å². The zero-order valence-electron chi connectivity index (χ0n) is 13.0. The number of nitro groups is 1. The fraction of sp³-hybridized carbons (Fsp3) is 0.188. The molecule has 126 valence electrons. The first-order valence-electron chi connectivity index (χ1n) is 6.96. The molecule has 0 aliphatic carbocycles. The maximum Gasteiger partial charge on any atom is 0.271 e. The normalized spacial score (nSPS) is 11.5. The molecule has 1 atom stereocenters. The molecule has 0 heterocycles. The summed E-state index contributed by atoms with van der Waals surface area (Å²) in [5.74, 6) is 0.680. The first-order valence-corrected chi connectivity index (χ1v) is 7.34. The molecule has 0 saturated carbocycles. The molecule has 8 heteroatoms. The highest BCUT2D eigenvalue weighted by molar-refractivity contribution is 6.33. The van der Waals surface area contributed by atoms with Gasteiger partial charge in [-0.05, 0) is 37.3 Å². The lowest BCUT2D eigenvalue weighted by atomic mass is 10.2. The molecule has 0 unspecified atom stereocenters. The summed E-state index contributed by atoms with van der Waals surface area (Å²) in [4.78, 5) is 22.4. The number of nitrogens with zero attached hydrogens (tertiary/aromatic N) is 1. The molecule has 0 radical (unpaired) electrons. The van der Waals surface area contributed by atoms with Crippen LogP contribution in [-0.2, 0) is 4.79 Å². The van der Waals surface area contributed by atoms with E-state index >= 15 is 0 Å². The fourth-order valence-corrected chi connectivity index (χ4v) is 2.03. The number of carbonyl (C=O) groups is 1. The standard InChI is InChI=1S/C16H15ClN2O5/c1-10(24-13-6-4-12(23-2)5-7-13)16(20)18-15-9-11(19(21)22)3-8-14(15)17/h3-10H,1-2H3,(H,18,20)/t10-/m1/s1. The quantitative estimate of drug-likeness (QED) is 0.634. The van der Waals surface area contributed by atoms with E-state index in [2.05, 4.69) is 5.32 Å². The predicted molar refractivity (Wildman–Crippen MR) is 89.8 cm³/mol. The number of ether oxygens (including phenoxy) is 2. The van der Waals surface area contributed by atoms with Gasteiger partial charge in [0.15, 0.2) is 6.10 Å². The summed E-state index contributed by atoms with van der Waals surface area (Å²) >= 11 is 5.95. The molecule has 1 N–H and O–H groups in total. The van der Waals surface area contributed by atoms with Crippen molar-refractivity contribution in [3.63, 3.8) is 0 Å². The number of nitrogens with one attached hydrogen (secondary N) is 1. The highest BCUT2D eigenvalue weighted by Gasteiger charge is 2.18. The van der Waals surface area contributed by atoms with Gasteiger partial charge >= 0.3 is 0 Å². The Labute approximate surface area is 143 Å². The molecule has 0 saturated heterocycles. The number of non-ortho nitro benzene ring substituents is 1. The molecular weight excluding hydrogens is 336 g/mol. The van der Waals surface area contributed by atoms with Gasteiger partial charge in [0.1, 0.15) is 11.5 Å². The van der Waals surface area contributed by atoms with Crippen LogP contribution in [0, 0.1) is 10.1 Å². The lowest BCUT2D eigenvalue weighted by Gasteiger charge is -2.15. The summed E-state index contributed by atoms with van der Waals surface area (Å²) in [6.45, 7) is 1.56. The molecule has 2 aromatic rings. The molecule has 0 aliphatic rings. The fourth-order valence-electron chi connectivity index (χ4n) is 1.87. The van der Waals surface area contributed by atoms with Gasteiger partial charge in [0.25, 0.3) is 11.6 Å². The number of hydrogen-bond donors (Lipinski definition) is 1. The van der Waals surface area contributed by atoms with E-state index in [1.54, 1.807) is 38.3 Å². The van der Waals surface area contributed by atoms with Crippen molar-refractivity contribution in [3.05, 3.63) is 57.6 Å². The number of hydrogen-bond acceptors (Lipinski definition) is 5. The Bertz CT molecular complexity index is 749. The Balaban J connectivity index is 2.05. The molecule has 0 bridgehead atoms. The Morgan fingerprint density at radius 2 is 1.83 bits per heavy atom. The number of methoxy groups -OCH3 is 1. The van der Waals surface area contributed by atoms with Gasteiger partial charge < -0.3 is 14.8 Å². The van der Waals surface area contributed by atoms with Crippen molar-refractivity contribution < 1.29 is 19.2 Å². The van der Waals surface area contributed by atoms with Gasteiger partial charge in [0.2, 0.25) is 0 Å². The van der Waals surface area contributed by atoms with Gasteiger partial charge in [-0.25, -0.2) is 0 Å². The number of halogens is 1. The number of benzene rings is 2. The zero-order valence-corrected chi connectivity index (χ0v) is 13.7. The van der Waals surface area contributed by atoms with Crippen LogP contribution in [0.4, 0.5) is 11.4 Å². The van der Waals surface area contributed by atoms with E-state index in [-0.39, 0.29) is 16.4 Å². The van der Waals surface area contributed by atoms with Crippen LogP contribution in [0.15, 0.2) is 42.5 Å².